The molecule has 2 saturated heterocycles. The molecule has 0 unspecified atom stereocenters. The van der Waals surface area contributed by atoms with E-state index in [1.807, 2.05) is 30.0 Å². The van der Waals surface area contributed by atoms with Crippen molar-refractivity contribution in [1.29, 1.82) is 5.41 Å². The van der Waals surface area contributed by atoms with Crippen LogP contribution in [-0.4, -0.2) is 200 Å². The first-order valence-electron chi connectivity index (χ1n) is 30.8. The van der Waals surface area contributed by atoms with Crippen LogP contribution in [0.25, 0.3) is 10.9 Å². The molecule has 9 amide bonds. The molecule has 2 aliphatic heterocycles. The van der Waals surface area contributed by atoms with E-state index in [1.54, 1.807) is 46.9 Å². The number of benzene rings is 2. The number of ether oxygens (including phenoxy) is 2. The molecule has 30 nitrogen and oxygen atoms in total. The number of aromatic nitrogens is 3. The van der Waals surface area contributed by atoms with Crippen molar-refractivity contribution < 1.29 is 67.3 Å². The Bertz CT molecular complexity index is 3250. The number of aromatic amines is 2. The van der Waals surface area contributed by atoms with Crippen LogP contribution in [0.2, 0.25) is 0 Å². The van der Waals surface area contributed by atoms with E-state index >= 15 is 14.4 Å². The van der Waals surface area contributed by atoms with E-state index in [-0.39, 0.29) is 61.6 Å². The van der Waals surface area contributed by atoms with Gasteiger partial charge in [-0.05, 0) is 127 Å². The molecule has 0 saturated carbocycles. The smallest absolute Gasteiger partial charge is 0.308 e. The molecule has 16 N–H and O–H groups in total. The van der Waals surface area contributed by atoms with Gasteiger partial charge in [-0.3, -0.25) is 73.3 Å². The quantitative estimate of drug-likeness (QED) is 0.00528. The Morgan fingerprint density at radius 1 is 0.815 bits per heavy atom. The number of aliphatic hydroxyl groups excluding tert-OH is 1. The molecule has 2 aromatic heterocycles. The van der Waals surface area contributed by atoms with Crippen molar-refractivity contribution in [2.45, 2.75) is 166 Å². The molecular formula is C62H88N16O14. The van der Waals surface area contributed by atoms with Gasteiger partial charge in [-0.1, -0.05) is 51.1 Å². The van der Waals surface area contributed by atoms with Crippen LogP contribution in [-0.2, 0) is 65.5 Å². The lowest BCUT2D eigenvalue weighted by molar-refractivity contribution is -0.159. The number of hydrogen-bond donors (Lipinski definition) is 14. The highest BCUT2D eigenvalue weighted by Crippen LogP contribution is 2.23. The largest absolute Gasteiger partial charge is 0.427 e. The lowest BCUT2D eigenvalue weighted by Crippen LogP contribution is -2.67. The normalized spacial score (nSPS) is 17.2. The van der Waals surface area contributed by atoms with Crippen molar-refractivity contribution in [2.75, 3.05) is 39.4 Å². The number of nitrogens with two attached hydrogens (primary N) is 2. The minimum Gasteiger partial charge on any atom is -0.427 e. The number of guanidine groups is 1. The highest BCUT2D eigenvalue weighted by molar-refractivity contribution is 6.19. The monoisotopic (exact) mass is 1280 g/mol. The Hall–Kier alpha value is -8.97. The third-order valence-corrected chi connectivity index (χ3v) is 15.5. The average Bonchev–Trinajstić information content (AvgIpc) is 1.74. The van der Waals surface area contributed by atoms with E-state index in [0.29, 0.717) is 49.4 Å². The van der Waals surface area contributed by atoms with E-state index in [1.165, 1.54) is 31.2 Å². The lowest BCUT2D eigenvalue weighted by Gasteiger charge is -2.36. The number of carbonyl (C=O) groups excluding carboxylic acids is 11. The number of aliphatic hydroxyl groups is 1. The molecule has 2 aliphatic rings. The van der Waals surface area contributed by atoms with Gasteiger partial charge in [0.1, 0.15) is 41.7 Å². The number of imide groups is 2. The number of para-hydroxylation sites is 1. The number of ketones is 1. The van der Waals surface area contributed by atoms with Gasteiger partial charge < -0.3 is 73.2 Å². The minimum absolute atomic E-state index is 0.0161. The third kappa shape index (κ3) is 20.8. The molecule has 6 rings (SSSR count). The van der Waals surface area contributed by atoms with Crippen molar-refractivity contribution in [3.8, 4) is 5.75 Å². The molecule has 2 aromatic carbocycles. The molecule has 92 heavy (non-hydrogen) atoms. The summed E-state index contributed by atoms with van der Waals surface area (Å²) < 4.78 is 11.4. The summed E-state index contributed by atoms with van der Waals surface area (Å²) in [7, 11) is 0. The highest BCUT2D eigenvalue weighted by atomic mass is 16.5. The second-order valence-electron chi connectivity index (χ2n) is 24.2. The van der Waals surface area contributed by atoms with Crippen LogP contribution >= 0.6 is 0 Å². The second kappa shape index (κ2) is 33.9. The van der Waals surface area contributed by atoms with E-state index in [4.69, 9.17) is 26.4 Å². The number of hydrogen-bond acceptors (Lipinski definition) is 19. The van der Waals surface area contributed by atoms with Gasteiger partial charge in [0.05, 0.1) is 43.3 Å². The van der Waals surface area contributed by atoms with Crippen LogP contribution in [0.1, 0.15) is 115 Å². The summed E-state index contributed by atoms with van der Waals surface area (Å²) in [6.45, 7) is 11.0. The van der Waals surface area contributed by atoms with E-state index in [0.717, 1.165) is 23.4 Å². The maximum atomic E-state index is 16.2. The van der Waals surface area contributed by atoms with Gasteiger partial charge >= 0.3 is 5.97 Å². The second-order valence-corrected chi connectivity index (χ2v) is 24.2. The number of nitrogens with zero attached hydrogens (tertiary/aromatic N) is 3. The zero-order chi connectivity index (χ0) is 67.4. The Labute approximate surface area is 532 Å². The summed E-state index contributed by atoms with van der Waals surface area (Å²) in [5.74, 6) is -12.0. The van der Waals surface area contributed by atoms with E-state index in [2.05, 4.69) is 57.5 Å². The average molecular weight is 1280 g/mol. The first kappa shape index (κ1) is 72.1. The first-order chi connectivity index (χ1) is 43.7. The van der Waals surface area contributed by atoms with E-state index in [9.17, 15) is 43.5 Å². The van der Waals surface area contributed by atoms with Gasteiger partial charge in [-0.2, -0.15) is 0 Å². The van der Waals surface area contributed by atoms with Crippen molar-refractivity contribution >= 4 is 81.8 Å². The van der Waals surface area contributed by atoms with Gasteiger partial charge in [-0.15, -0.1) is 0 Å². The van der Waals surface area contributed by atoms with Gasteiger partial charge in [0.15, 0.2) is 12.0 Å². The Morgan fingerprint density at radius 3 is 2.13 bits per heavy atom. The number of likely N-dealkylation sites (N-methyl/N-ethyl adjacent to an activating group) is 1. The predicted molar refractivity (Wildman–Crippen MR) is 335 cm³/mol. The molecule has 500 valence electrons. The minimum atomic E-state index is -2.34. The van der Waals surface area contributed by atoms with Crippen molar-refractivity contribution in [3.05, 3.63) is 84.1 Å². The van der Waals surface area contributed by atoms with Crippen LogP contribution in [0.15, 0.2) is 67.3 Å². The summed E-state index contributed by atoms with van der Waals surface area (Å²) in [6.07, 6.45) is 5.29. The van der Waals surface area contributed by atoms with Crippen molar-refractivity contribution in [1.82, 2.24) is 67.3 Å². The number of likely N-dealkylation sites (tertiary alicyclic amines) is 1. The summed E-state index contributed by atoms with van der Waals surface area (Å²) in [6, 6.07) is -1.33. The summed E-state index contributed by atoms with van der Waals surface area (Å²) in [5, 5.41) is 40.0. The molecule has 30 heteroatoms. The summed E-state index contributed by atoms with van der Waals surface area (Å²) >= 11 is 0. The fraction of sp³-hybridized carbons (Fsp3) is 0.532. The Balaban J connectivity index is 1.45. The molecule has 0 spiro atoms. The molecule has 2 fully saturated rings. The van der Waals surface area contributed by atoms with Crippen molar-refractivity contribution in [3.63, 3.8) is 0 Å². The maximum absolute atomic E-state index is 16.2. The van der Waals surface area contributed by atoms with E-state index < -0.39 is 150 Å². The number of Topliss-reactive ketones (excluding diaryl/α,β-unsaturated/α-hetero) is 1. The zero-order valence-electron chi connectivity index (χ0n) is 53.0. The van der Waals surface area contributed by atoms with Crippen LogP contribution in [0.5, 0.6) is 5.75 Å². The zero-order valence-corrected chi connectivity index (χ0v) is 53.0. The molecule has 0 bridgehead atoms. The highest BCUT2D eigenvalue weighted by Gasteiger charge is 2.47. The van der Waals surface area contributed by atoms with Crippen LogP contribution < -0.4 is 58.7 Å². The van der Waals surface area contributed by atoms with Gasteiger partial charge in [0.2, 0.25) is 47.1 Å². The molecule has 4 heterocycles. The number of imidazole rings is 1. The standard InChI is InChI=1S/C62H88N16O14/c1-8-77-25-13-18-48(77)57(87)76-54(84)43(17-12-24-68-61(64)65)71-55(85)44(26-34(2)3)72-58(88)49(32-91-62(5,6)7)78(60(90)50(51(81)46-30-66-33-70-46)75-53(83)42-16-11-23-67-42)59(89)45(27-36-19-21-38(22-20-36)92-35(4)80)73-56(86)47(31-79)74-52(82)40(63)28-37-29-69-41-15-10-9-14-39(37)41/h9-10,14-15,19-22,29-30,33-34,40,42-45,47-50,67,69,79H,8,11-13,16-18,23-28,31-32,63H2,1-7H3,(H,66,70)(H,71,85)(H,72,88)(H,73,86)(H,74,82)(H,75,83)(H4,64,65,68)(H,76,84,87)/t40-,42-,43-,44-,45-,47-,48-,49+,50-/m0/s1. The number of nitrogens with one attached hydrogen (secondary N) is 11. The van der Waals surface area contributed by atoms with Gasteiger partial charge in [-0.25, -0.2) is 4.98 Å². The molecule has 0 radical (unpaired) electrons. The molecule has 4 aromatic rings. The van der Waals surface area contributed by atoms with Gasteiger partial charge in [0.25, 0.3) is 11.8 Å². The van der Waals surface area contributed by atoms with Crippen LogP contribution in [0.3, 0.4) is 0 Å². The molecular weight excluding hydrogens is 1190 g/mol. The first-order valence-corrected chi connectivity index (χ1v) is 30.8. The van der Waals surface area contributed by atoms with Crippen molar-refractivity contribution in [2.24, 2.45) is 17.4 Å². The topological polar surface area (TPSA) is 450 Å². The fourth-order valence-electron chi connectivity index (χ4n) is 10.8. The number of esters is 1. The summed E-state index contributed by atoms with van der Waals surface area (Å²) in [4.78, 5) is 172. The maximum Gasteiger partial charge on any atom is 0.308 e. The number of fused-ring (bicyclic) bond motifs is 1. The Kier molecular flexibility index (Phi) is 26.6. The predicted octanol–water partition coefficient (Wildman–Crippen LogP) is -1.04. The Morgan fingerprint density at radius 2 is 1.50 bits per heavy atom. The third-order valence-electron chi connectivity index (χ3n) is 15.5. The SMILES string of the molecule is CCN1CCC[C@H]1C(=O)NC(=O)[C@H](CCCNC(=N)N)NC(=O)[C@H](CC(C)C)NC(=O)[C@@H](COC(C)(C)C)N(C(=O)[C@@H](NC(=O)[C@@H]1CCCN1)C(=O)c1c[nH]cn1)C(=O)[C@H](Cc1ccc(OC(C)=O)cc1)NC(=O)[C@H](CO)NC(=O)[C@@H](N)Cc1c[nH]c2ccccc12. The molecule has 9 atom stereocenters. The molecule has 0 aliphatic carbocycles. The summed E-state index contributed by atoms with van der Waals surface area (Å²) in [5.41, 5.74) is 12.0. The fourth-order valence-corrected chi connectivity index (χ4v) is 10.8. The number of rotatable bonds is 32. The number of carbonyl (C=O) groups is 11. The number of H-pyrrole nitrogens is 2. The lowest BCUT2D eigenvalue weighted by atomic mass is 9.99. The number of amides is 9. The van der Waals surface area contributed by atoms with Gasteiger partial charge in [0, 0.05) is 43.2 Å². The van der Waals surface area contributed by atoms with Crippen LogP contribution in [0.4, 0.5) is 0 Å². The van der Waals surface area contributed by atoms with Crippen LogP contribution in [0, 0.1) is 11.3 Å².